The Morgan fingerprint density at radius 2 is 2.27 bits per heavy atom. The van der Waals surface area contributed by atoms with Crippen molar-refractivity contribution in [3.8, 4) is 0 Å². The summed E-state index contributed by atoms with van der Waals surface area (Å²) in [5.74, 6) is 0. The van der Waals surface area contributed by atoms with E-state index in [-0.39, 0.29) is 0 Å². The van der Waals surface area contributed by atoms with Gasteiger partial charge in [0.2, 0.25) is 0 Å². The highest BCUT2D eigenvalue weighted by atomic mass is 16.3. The Bertz CT molecular complexity index is 273. The average Bonchev–Trinajstić information content (AvgIpc) is 2.67. The smallest absolute Gasteiger partial charge is 0.108 e. The van der Waals surface area contributed by atoms with Gasteiger partial charge in [-0.15, -0.1) is 0 Å². The van der Waals surface area contributed by atoms with Crippen LogP contribution in [-0.4, -0.2) is 27.7 Å². The standard InChI is InChI=1S/C11H21N3O/c1-3-5-12-8-11(15)10-7-13-9-14(10)6-4-2/h7,9,11-12,15H,3-6,8H2,1-2H3. The van der Waals surface area contributed by atoms with Crippen molar-refractivity contribution >= 4 is 0 Å². The first kappa shape index (κ1) is 12.2. The molecule has 1 rings (SSSR count). The lowest BCUT2D eigenvalue weighted by molar-refractivity contribution is 0.165. The molecule has 1 atom stereocenters. The van der Waals surface area contributed by atoms with E-state index in [1.165, 1.54) is 0 Å². The molecular formula is C11H21N3O. The molecule has 0 aliphatic rings. The van der Waals surface area contributed by atoms with Crippen LogP contribution in [0.3, 0.4) is 0 Å². The quantitative estimate of drug-likeness (QED) is 0.669. The van der Waals surface area contributed by atoms with Crippen LogP contribution in [0.5, 0.6) is 0 Å². The predicted octanol–water partition coefficient (Wildman–Crippen LogP) is 1.33. The molecule has 4 nitrogen and oxygen atoms in total. The minimum absolute atomic E-state index is 0.453. The summed E-state index contributed by atoms with van der Waals surface area (Å²) < 4.78 is 2.01. The molecule has 0 saturated heterocycles. The van der Waals surface area contributed by atoms with Gasteiger partial charge in [0.1, 0.15) is 6.10 Å². The third-order valence-corrected chi connectivity index (χ3v) is 2.31. The van der Waals surface area contributed by atoms with Gasteiger partial charge in [-0.2, -0.15) is 0 Å². The second-order valence-corrected chi connectivity index (χ2v) is 3.73. The molecule has 0 fully saturated rings. The Labute approximate surface area is 91.3 Å². The molecule has 0 aliphatic carbocycles. The van der Waals surface area contributed by atoms with Gasteiger partial charge in [0.25, 0.3) is 0 Å². The van der Waals surface area contributed by atoms with Crippen molar-refractivity contribution in [3.05, 3.63) is 18.2 Å². The number of nitrogens with zero attached hydrogens (tertiary/aromatic N) is 2. The topological polar surface area (TPSA) is 50.1 Å². The second-order valence-electron chi connectivity index (χ2n) is 3.73. The van der Waals surface area contributed by atoms with Gasteiger partial charge in [-0.25, -0.2) is 4.98 Å². The van der Waals surface area contributed by atoms with E-state index in [4.69, 9.17) is 0 Å². The summed E-state index contributed by atoms with van der Waals surface area (Å²) in [7, 11) is 0. The monoisotopic (exact) mass is 211 g/mol. The molecule has 15 heavy (non-hydrogen) atoms. The second kappa shape index (κ2) is 6.58. The summed E-state index contributed by atoms with van der Waals surface area (Å²) in [5, 5.41) is 13.1. The van der Waals surface area contributed by atoms with E-state index >= 15 is 0 Å². The molecular weight excluding hydrogens is 190 g/mol. The summed E-state index contributed by atoms with van der Waals surface area (Å²) in [5.41, 5.74) is 0.903. The number of aliphatic hydroxyl groups excluding tert-OH is 1. The number of aromatic nitrogens is 2. The minimum atomic E-state index is -0.453. The lowest BCUT2D eigenvalue weighted by atomic mass is 10.2. The maximum Gasteiger partial charge on any atom is 0.108 e. The first-order valence-electron chi connectivity index (χ1n) is 5.68. The van der Waals surface area contributed by atoms with Gasteiger partial charge in [-0.3, -0.25) is 0 Å². The van der Waals surface area contributed by atoms with Crippen LogP contribution < -0.4 is 5.32 Å². The predicted molar refractivity (Wildman–Crippen MR) is 60.6 cm³/mol. The van der Waals surface area contributed by atoms with Gasteiger partial charge in [0.15, 0.2) is 0 Å². The van der Waals surface area contributed by atoms with Gasteiger partial charge < -0.3 is 15.0 Å². The zero-order valence-electron chi connectivity index (χ0n) is 9.61. The highest BCUT2D eigenvalue weighted by Crippen LogP contribution is 2.11. The van der Waals surface area contributed by atoms with Crippen LogP contribution in [0, 0.1) is 0 Å². The molecule has 1 aromatic heterocycles. The first-order valence-corrected chi connectivity index (χ1v) is 5.68. The van der Waals surface area contributed by atoms with Crippen LogP contribution in [-0.2, 0) is 6.54 Å². The molecule has 0 amide bonds. The SMILES string of the molecule is CCCNCC(O)c1cncn1CCC. The fourth-order valence-corrected chi connectivity index (χ4v) is 1.56. The zero-order valence-corrected chi connectivity index (χ0v) is 9.61. The molecule has 86 valence electrons. The number of aryl methyl sites for hydroxylation is 1. The van der Waals surface area contributed by atoms with Crippen LogP contribution in [0.1, 0.15) is 38.5 Å². The van der Waals surface area contributed by atoms with Crippen molar-refractivity contribution in [2.45, 2.75) is 39.3 Å². The molecule has 1 aromatic rings. The Balaban J connectivity index is 2.48. The van der Waals surface area contributed by atoms with E-state index in [9.17, 15) is 5.11 Å². The summed E-state index contributed by atoms with van der Waals surface area (Å²) >= 11 is 0. The highest BCUT2D eigenvalue weighted by Gasteiger charge is 2.11. The largest absolute Gasteiger partial charge is 0.385 e. The van der Waals surface area contributed by atoms with Crippen molar-refractivity contribution in [3.63, 3.8) is 0 Å². The van der Waals surface area contributed by atoms with Gasteiger partial charge in [0.05, 0.1) is 18.2 Å². The molecule has 0 spiro atoms. The molecule has 0 aromatic carbocycles. The van der Waals surface area contributed by atoms with E-state index in [0.717, 1.165) is 31.6 Å². The van der Waals surface area contributed by atoms with Crippen molar-refractivity contribution < 1.29 is 5.11 Å². The van der Waals surface area contributed by atoms with E-state index < -0.39 is 6.10 Å². The molecule has 4 heteroatoms. The Morgan fingerprint density at radius 1 is 1.47 bits per heavy atom. The molecule has 1 heterocycles. The molecule has 2 N–H and O–H groups in total. The summed E-state index contributed by atoms with van der Waals surface area (Å²) in [4.78, 5) is 4.07. The van der Waals surface area contributed by atoms with Crippen molar-refractivity contribution in [2.24, 2.45) is 0 Å². The van der Waals surface area contributed by atoms with Crippen LogP contribution in [0.2, 0.25) is 0 Å². The van der Waals surface area contributed by atoms with Crippen LogP contribution in [0.4, 0.5) is 0 Å². The van der Waals surface area contributed by atoms with Crippen molar-refractivity contribution in [2.75, 3.05) is 13.1 Å². The van der Waals surface area contributed by atoms with E-state index in [1.54, 1.807) is 12.5 Å². The molecule has 0 aliphatic heterocycles. The lowest BCUT2D eigenvalue weighted by Crippen LogP contribution is -2.23. The number of hydrogen-bond acceptors (Lipinski definition) is 3. The maximum absolute atomic E-state index is 9.92. The third-order valence-electron chi connectivity index (χ3n) is 2.31. The van der Waals surface area contributed by atoms with Crippen LogP contribution >= 0.6 is 0 Å². The molecule has 1 unspecified atom stereocenters. The van der Waals surface area contributed by atoms with E-state index in [1.807, 2.05) is 4.57 Å². The molecule has 0 bridgehead atoms. The summed E-state index contributed by atoms with van der Waals surface area (Å²) in [6.45, 7) is 6.69. The Kier molecular flexibility index (Phi) is 5.36. The van der Waals surface area contributed by atoms with Gasteiger partial charge >= 0.3 is 0 Å². The fraction of sp³-hybridized carbons (Fsp3) is 0.727. The van der Waals surface area contributed by atoms with E-state index in [0.29, 0.717) is 6.54 Å². The Morgan fingerprint density at radius 3 is 2.93 bits per heavy atom. The molecule has 0 radical (unpaired) electrons. The molecule has 0 saturated carbocycles. The van der Waals surface area contributed by atoms with Crippen molar-refractivity contribution in [1.82, 2.24) is 14.9 Å². The maximum atomic E-state index is 9.92. The lowest BCUT2D eigenvalue weighted by Gasteiger charge is -2.13. The summed E-state index contributed by atoms with van der Waals surface area (Å²) in [6.07, 6.45) is 5.21. The van der Waals surface area contributed by atoms with Gasteiger partial charge in [-0.1, -0.05) is 13.8 Å². The van der Waals surface area contributed by atoms with E-state index in [2.05, 4.69) is 24.1 Å². The Hall–Kier alpha value is -0.870. The van der Waals surface area contributed by atoms with Crippen LogP contribution in [0.25, 0.3) is 0 Å². The highest BCUT2D eigenvalue weighted by molar-refractivity contribution is 5.03. The van der Waals surface area contributed by atoms with Gasteiger partial charge in [0, 0.05) is 13.1 Å². The number of aliphatic hydroxyl groups is 1. The zero-order chi connectivity index (χ0) is 11.1. The van der Waals surface area contributed by atoms with Gasteiger partial charge in [-0.05, 0) is 19.4 Å². The average molecular weight is 211 g/mol. The summed E-state index contributed by atoms with van der Waals surface area (Å²) in [6, 6.07) is 0. The normalized spacial score (nSPS) is 13.0. The first-order chi connectivity index (χ1) is 7.29. The minimum Gasteiger partial charge on any atom is -0.385 e. The number of imidazole rings is 1. The number of hydrogen-bond donors (Lipinski definition) is 2. The van der Waals surface area contributed by atoms with Crippen LogP contribution in [0.15, 0.2) is 12.5 Å². The number of rotatable bonds is 7. The number of nitrogens with one attached hydrogen (secondary N) is 1. The third kappa shape index (κ3) is 3.64. The van der Waals surface area contributed by atoms with Crippen molar-refractivity contribution in [1.29, 1.82) is 0 Å². The fourth-order valence-electron chi connectivity index (χ4n) is 1.56.